The number of hydrogen-bond donors (Lipinski definition) is 1. The lowest BCUT2D eigenvalue weighted by Gasteiger charge is -2.26. The van der Waals surface area contributed by atoms with E-state index in [4.69, 9.17) is 34.8 Å². The fourth-order valence-corrected chi connectivity index (χ4v) is 5.64. The highest BCUT2D eigenvalue weighted by atomic mass is 35.5. The van der Waals surface area contributed by atoms with Gasteiger partial charge in [-0.1, -0.05) is 77.3 Å². The van der Waals surface area contributed by atoms with Crippen LogP contribution in [0.2, 0.25) is 15.1 Å². The quantitative estimate of drug-likeness (QED) is 0.253. The summed E-state index contributed by atoms with van der Waals surface area (Å²) in [7, 11) is -3.90. The zero-order valence-corrected chi connectivity index (χ0v) is 22.2. The van der Waals surface area contributed by atoms with Crippen molar-refractivity contribution in [2.24, 2.45) is 0 Å². The largest absolute Gasteiger partial charge is 0.321 e. The molecule has 0 fully saturated rings. The van der Waals surface area contributed by atoms with Crippen LogP contribution in [0.15, 0.2) is 95.9 Å². The Morgan fingerprint density at radius 1 is 0.861 bits per heavy atom. The molecule has 0 heterocycles. The number of rotatable bonds is 7. The maximum absolute atomic E-state index is 13.6. The molecular formula is C27H21Cl3N2O3S. The Kier molecular flexibility index (Phi) is 7.91. The van der Waals surface area contributed by atoms with E-state index in [9.17, 15) is 13.2 Å². The van der Waals surface area contributed by atoms with E-state index in [0.717, 1.165) is 5.56 Å². The standard InChI is InChI=1S/C27H21Cl3N2O3S/c1-18-10-15-21(28)16-25(18)32(36(34,35)22-6-3-2-4-7-22)17-19-11-13-20(14-12-19)27(33)31-24-9-5-8-23(29)26(24)30/h2-16H,17H2,1H3,(H,31,33). The molecule has 4 aromatic rings. The van der Waals surface area contributed by atoms with Crippen LogP contribution in [0.25, 0.3) is 0 Å². The molecule has 0 bridgehead atoms. The predicted molar refractivity (Wildman–Crippen MR) is 147 cm³/mol. The molecule has 0 aliphatic heterocycles. The summed E-state index contributed by atoms with van der Waals surface area (Å²) >= 11 is 18.4. The third-order valence-corrected chi connectivity index (χ3v) is 8.34. The zero-order chi connectivity index (χ0) is 25.9. The van der Waals surface area contributed by atoms with Gasteiger partial charge >= 0.3 is 0 Å². The first-order valence-electron chi connectivity index (χ1n) is 10.8. The van der Waals surface area contributed by atoms with Gasteiger partial charge in [-0.05, 0) is 66.6 Å². The van der Waals surface area contributed by atoms with Crippen LogP contribution in [0.5, 0.6) is 0 Å². The Morgan fingerprint density at radius 3 is 2.25 bits per heavy atom. The number of carbonyl (C=O) groups is 1. The Morgan fingerprint density at radius 2 is 1.56 bits per heavy atom. The van der Waals surface area contributed by atoms with Gasteiger partial charge in [-0.25, -0.2) is 8.42 Å². The van der Waals surface area contributed by atoms with Crippen LogP contribution in [-0.4, -0.2) is 14.3 Å². The van der Waals surface area contributed by atoms with Crippen molar-refractivity contribution in [3.63, 3.8) is 0 Å². The summed E-state index contributed by atoms with van der Waals surface area (Å²) in [5.74, 6) is -0.370. The average molecular weight is 560 g/mol. The van der Waals surface area contributed by atoms with Crippen LogP contribution in [0.3, 0.4) is 0 Å². The number of amides is 1. The lowest BCUT2D eigenvalue weighted by atomic mass is 10.1. The Labute approximate surface area is 225 Å². The SMILES string of the molecule is Cc1ccc(Cl)cc1N(Cc1ccc(C(=O)Nc2cccc(Cl)c2Cl)cc1)S(=O)(=O)c1ccccc1. The minimum Gasteiger partial charge on any atom is -0.321 e. The molecule has 184 valence electrons. The van der Waals surface area contributed by atoms with Gasteiger partial charge in [-0.15, -0.1) is 0 Å². The first kappa shape index (κ1) is 26.0. The van der Waals surface area contributed by atoms with E-state index in [1.54, 1.807) is 91.0 Å². The normalized spacial score (nSPS) is 11.2. The molecule has 4 aromatic carbocycles. The zero-order valence-electron chi connectivity index (χ0n) is 19.1. The highest BCUT2D eigenvalue weighted by Gasteiger charge is 2.26. The van der Waals surface area contributed by atoms with Gasteiger partial charge in [0, 0.05) is 10.6 Å². The van der Waals surface area contributed by atoms with E-state index in [0.29, 0.717) is 32.5 Å². The van der Waals surface area contributed by atoms with Crippen molar-refractivity contribution < 1.29 is 13.2 Å². The van der Waals surface area contributed by atoms with Crippen molar-refractivity contribution in [1.82, 2.24) is 0 Å². The van der Waals surface area contributed by atoms with E-state index in [-0.39, 0.29) is 22.4 Å². The molecule has 0 atom stereocenters. The van der Waals surface area contributed by atoms with Crippen LogP contribution in [0, 0.1) is 6.92 Å². The number of sulfonamides is 1. The Bertz CT molecular complexity index is 1510. The fourth-order valence-electron chi connectivity index (χ4n) is 3.59. The molecule has 4 rings (SSSR count). The van der Waals surface area contributed by atoms with Crippen LogP contribution in [0.4, 0.5) is 11.4 Å². The first-order chi connectivity index (χ1) is 17.2. The monoisotopic (exact) mass is 558 g/mol. The average Bonchev–Trinajstić information content (AvgIpc) is 2.87. The summed E-state index contributed by atoms with van der Waals surface area (Å²) in [4.78, 5) is 12.9. The molecule has 0 spiro atoms. The molecule has 0 unspecified atom stereocenters. The summed E-state index contributed by atoms with van der Waals surface area (Å²) < 4.78 is 28.6. The molecule has 9 heteroatoms. The van der Waals surface area contributed by atoms with Crippen molar-refractivity contribution in [3.05, 3.63) is 123 Å². The molecule has 0 aliphatic rings. The molecule has 0 aromatic heterocycles. The second kappa shape index (κ2) is 10.9. The molecule has 0 radical (unpaired) electrons. The summed E-state index contributed by atoms with van der Waals surface area (Å²) in [5.41, 5.74) is 2.70. The molecule has 0 saturated heterocycles. The van der Waals surface area contributed by atoms with Gasteiger partial charge in [-0.2, -0.15) is 0 Å². The van der Waals surface area contributed by atoms with Crippen molar-refractivity contribution >= 4 is 62.1 Å². The van der Waals surface area contributed by atoms with E-state index in [1.807, 2.05) is 6.92 Å². The van der Waals surface area contributed by atoms with Crippen LogP contribution in [-0.2, 0) is 16.6 Å². The summed E-state index contributed by atoms with van der Waals surface area (Å²) in [6, 6.07) is 25.0. The van der Waals surface area contributed by atoms with E-state index in [1.165, 1.54) is 4.31 Å². The molecule has 1 amide bonds. The van der Waals surface area contributed by atoms with Crippen LogP contribution >= 0.6 is 34.8 Å². The van der Waals surface area contributed by atoms with Gasteiger partial charge < -0.3 is 5.32 Å². The van der Waals surface area contributed by atoms with Gasteiger partial charge in [0.2, 0.25) is 0 Å². The summed E-state index contributed by atoms with van der Waals surface area (Å²) in [6.07, 6.45) is 0. The topological polar surface area (TPSA) is 66.5 Å². The Hall–Kier alpha value is -3.03. The molecule has 0 aliphatic carbocycles. The van der Waals surface area contributed by atoms with Gasteiger partial charge in [0.25, 0.3) is 15.9 Å². The van der Waals surface area contributed by atoms with Gasteiger partial charge in [-0.3, -0.25) is 9.10 Å². The van der Waals surface area contributed by atoms with E-state index >= 15 is 0 Å². The smallest absolute Gasteiger partial charge is 0.264 e. The van der Waals surface area contributed by atoms with Crippen molar-refractivity contribution in [3.8, 4) is 0 Å². The molecule has 0 saturated carbocycles. The number of aryl methyl sites for hydroxylation is 1. The van der Waals surface area contributed by atoms with Gasteiger partial charge in [0.05, 0.1) is 32.9 Å². The van der Waals surface area contributed by atoms with Crippen molar-refractivity contribution in [1.29, 1.82) is 0 Å². The number of nitrogens with one attached hydrogen (secondary N) is 1. The van der Waals surface area contributed by atoms with Crippen LogP contribution < -0.4 is 9.62 Å². The van der Waals surface area contributed by atoms with E-state index < -0.39 is 10.0 Å². The lowest BCUT2D eigenvalue weighted by molar-refractivity contribution is 0.102. The first-order valence-corrected chi connectivity index (χ1v) is 13.4. The van der Waals surface area contributed by atoms with Crippen molar-refractivity contribution in [2.45, 2.75) is 18.4 Å². The highest BCUT2D eigenvalue weighted by molar-refractivity contribution is 7.92. The van der Waals surface area contributed by atoms with Crippen molar-refractivity contribution in [2.75, 3.05) is 9.62 Å². The minimum absolute atomic E-state index is 0.0421. The van der Waals surface area contributed by atoms with Gasteiger partial charge in [0.15, 0.2) is 0 Å². The molecule has 5 nitrogen and oxygen atoms in total. The summed E-state index contributed by atoms with van der Waals surface area (Å²) in [5, 5.41) is 3.75. The van der Waals surface area contributed by atoms with E-state index in [2.05, 4.69) is 5.32 Å². The second-order valence-electron chi connectivity index (χ2n) is 8.01. The molecular weight excluding hydrogens is 539 g/mol. The number of anilines is 2. The van der Waals surface area contributed by atoms with Crippen LogP contribution in [0.1, 0.15) is 21.5 Å². The third-order valence-electron chi connectivity index (χ3n) is 5.51. The second-order valence-corrected chi connectivity index (χ2v) is 11.1. The number of halogens is 3. The lowest BCUT2D eigenvalue weighted by Crippen LogP contribution is -2.31. The Balaban J connectivity index is 1.64. The number of nitrogens with zero attached hydrogens (tertiary/aromatic N) is 1. The molecule has 1 N–H and O–H groups in total. The maximum Gasteiger partial charge on any atom is 0.264 e. The third kappa shape index (κ3) is 5.68. The predicted octanol–water partition coefficient (Wildman–Crippen LogP) is 7.60. The maximum atomic E-state index is 13.6. The number of benzene rings is 4. The minimum atomic E-state index is -3.90. The number of carbonyl (C=O) groups excluding carboxylic acids is 1. The summed E-state index contributed by atoms with van der Waals surface area (Å²) in [6.45, 7) is 1.87. The fraction of sp³-hybridized carbons (Fsp3) is 0.0741. The number of hydrogen-bond acceptors (Lipinski definition) is 3. The van der Waals surface area contributed by atoms with Gasteiger partial charge in [0.1, 0.15) is 0 Å². The highest BCUT2D eigenvalue weighted by Crippen LogP contribution is 2.32. The molecule has 36 heavy (non-hydrogen) atoms.